The lowest BCUT2D eigenvalue weighted by atomic mass is 9.95. The number of fused-ring (bicyclic) bond motifs is 4. The van der Waals surface area contributed by atoms with Gasteiger partial charge in [0.2, 0.25) is 0 Å². The van der Waals surface area contributed by atoms with E-state index in [2.05, 4.69) is 20.9 Å². The molecule has 46 heavy (non-hydrogen) atoms. The fourth-order valence-corrected chi connectivity index (χ4v) is 7.45. The van der Waals surface area contributed by atoms with Gasteiger partial charge in [0.25, 0.3) is 0 Å². The van der Waals surface area contributed by atoms with E-state index in [0.29, 0.717) is 32.4 Å². The summed E-state index contributed by atoms with van der Waals surface area (Å²) in [6.07, 6.45) is 9.50. The Kier molecular flexibility index (Phi) is 6.10. The van der Waals surface area contributed by atoms with Gasteiger partial charge in [0.15, 0.2) is 17.5 Å². The number of benzene rings is 2. The van der Waals surface area contributed by atoms with Gasteiger partial charge in [-0.15, -0.1) is 6.42 Å². The molecule has 7 nitrogen and oxygen atoms in total. The van der Waals surface area contributed by atoms with E-state index >= 15 is 4.39 Å². The minimum atomic E-state index is -2.49. The Morgan fingerprint density at radius 1 is 1.15 bits per heavy atom. The number of terminal acetylenes is 1. The normalized spacial score (nSPS) is 28.0. The van der Waals surface area contributed by atoms with Crippen molar-refractivity contribution in [2.45, 2.75) is 49.6 Å². The van der Waals surface area contributed by atoms with Gasteiger partial charge < -0.3 is 15.4 Å². The molecule has 2 N–H and O–H groups in total. The van der Waals surface area contributed by atoms with Crippen molar-refractivity contribution >= 4 is 33.2 Å². The van der Waals surface area contributed by atoms with Crippen LogP contribution in [0.4, 0.5) is 33.5 Å². The van der Waals surface area contributed by atoms with Crippen molar-refractivity contribution < 1.29 is 29.4 Å². The van der Waals surface area contributed by atoms with Crippen molar-refractivity contribution in [2.75, 3.05) is 36.8 Å². The van der Waals surface area contributed by atoms with Crippen molar-refractivity contribution in [3.8, 4) is 29.6 Å². The molecular weight excluding hydrogens is 603 g/mol. The predicted molar refractivity (Wildman–Crippen MR) is 164 cm³/mol. The van der Waals surface area contributed by atoms with E-state index in [4.69, 9.17) is 19.6 Å². The van der Waals surface area contributed by atoms with Crippen molar-refractivity contribution in [1.29, 1.82) is 0 Å². The average Bonchev–Trinajstić information content (AvgIpc) is 3.39. The van der Waals surface area contributed by atoms with Crippen LogP contribution in [0.3, 0.4) is 0 Å². The molecule has 1 aliphatic carbocycles. The minimum absolute atomic E-state index is 0.000516. The number of rotatable bonds is 5. The van der Waals surface area contributed by atoms with E-state index in [0.717, 1.165) is 6.07 Å². The molecule has 0 unspecified atom stereocenters. The number of aromatic nitrogens is 3. The monoisotopic (exact) mass is 634 g/mol. The maximum atomic E-state index is 16.9. The number of nitrogens with two attached hydrogens (primary N) is 1. The summed E-state index contributed by atoms with van der Waals surface area (Å²) in [7, 11) is 0. The second kappa shape index (κ2) is 10.5. The van der Waals surface area contributed by atoms with Gasteiger partial charge in [-0.3, -0.25) is 9.88 Å². The van der Waals surface area contributed by atoms with Crippen LogP contribution in [0.25, 0.3) is 32.9 Å². The number of nitrogens with zero attached hydrogens (tertiary/aromatic N) is 5. The largest absolute Gasteiger partial charge is 0.461 e. The number of ether oxygens (including phenoxy) is 1. The van der Waals surface area contributed by atoms with Crippen molar-refractivity contribution in [3.05, 3.63) is 59.6 Å². The molecule has 4 aromatic rings. The summed E-state index contributed by atoms with van der Waals surface area (Å²) in [5.41, 5.74) is 3.75. The van der Waals surface area contributed by atoms with E-state index in [9.17, 15) is 17.6 Å². The molecular formula is C34H29F5N6O. The molecule has 0 spiro atoms. The molecule has 8 rings (SSSR count). The number of nitrogen functional groups attached to an aromatic ring is 1. The van der Waals surface area contributed by atoms with Crippen molar-refractivity contribution in [1.82, 2.24) is 19.9 Å². The summed E-state index contributed by atoms with van der Waals surface area (Å²) in [5, 5.41) is 0.213. The molecule has 2 aromatic heterocycles. The summed E-state index contributed by atoms with van der Waals surface area (Å²) in [6, 6.07) is 2.48. The molecule has 0 bridgehead atoms. The van der Waals surface area contributed by atoms with Crippen molar-refractivity contribution in [2.24, 2.45) is 5.92 Å². The first kappa shape index (κ1) is 26.7. The van der Waals surface area contributed by atoms with Gasteiger partial charge in [-0.1, -0.05) is 18.1 Å². The second-order valence-electron chi connectivity index (χ2n) is 12.4. The van der Waals surface area contributed by atoms with Crippen LogP contribution in [-0.2, 0) is 0 Å². The van der Waals surface area contributed by atoms with Gasteiger partial charge in [-0.05, 0) is 49.4 Å². The van der Waals surface area contributed by atoms with Gasteiger partial charge in [0, 0.05) is 48.3 Å². The van der Waals surface area contributed by atoms with Gasteiger partial charge >= 0.3 is 6.01 Å². The van der Waals surface area contributed by atoms with Crippen LogP contribution in [0.15, 0.2) is 36.5 Å². The lowest BCUT2D eigenvalue weighted by molar-refractivity contribution is 0.107. The molecule has 5 heterocycles. The number of pyridine rings is 1. The molecule has 1 saturated carbocycles. The SMILES string of the molecule is [2H]C([2H])(Oc1nc(N2CCC=C[C@@H]3[C@@H](F)[C@@H]32)c2cnc(-c3cc(N)cc4cc(F)c(F)c(C#C)c34)c(F)c2n1)[C@@]12CCCN1C[C@H](F)C2. The molecule has 12 heteroatoms. The van der Waals surface area contributed by atoms with Crippen LogP contribution in [0.5, 0.6) is 6.01 Å². The van der Waals surface area contributed by atoms with Crippen LogP contribution in [0, 0.1) is 35.7 Å². The lowest BCUT2D eigenvalue weighted by Gasteiger charge is -2.31. The van der Waals surface area contributed by atoms with Gasteiger partial charge in [0.05, 0.1) is 25.3 Å². The summed E-state index contributed by atoms with van der Waals surface area (Å²) >= 11 is 0. The summed E-state index contributed by atoms with van der Waals surface area (Å²) in [5.74, 6) is -1.69. The van der Waals surface area contributed by atoms with Gasteiger partial charge in [-0.2, -0.15) is 9.97 Å². The summed E-state index contributed by atoms with van der Waals surface area (Å²) in [6.45, 7) is -1.61. The molecule has 236 valence electrons. The zero-order valence-corrected chi connectivity index (χ0v) is 24.4. The maximum absolute atomic E-state index is 16.9. The van der Waals surface area contributed by atoms with Gasteiger partial charge in [-0.25, -0.2) is 22.0 Å². The molecule has 3 fully saturated rings. The Balaban J connectivity index is 1.33. The first-order valence-corrected chi connectivity index (χ1v) is 15.1. The fraction of sp³-hybridized carbons (Fsp3) is 0.382. The number of hydrogen-bond donors (Lipinski definition) is 1. The zero-order valence-electron chi connectivity index (χ0n) is 26.4. The highest BCUT2D eigenvalue weighted by atomic mass is 19.2. The van der Waals surface area contributed by atoms with E-state index < -0.39 is 65.4 Å². The number of anilines is 2. The first-order valence-electron chi connectivity index (χ1n) is 16.1. The molecule has 4 aliphatic rings. The first-order chi connectivity index (χ1) is 22.9. The highest BCUT2D eigenvalue weighted by Gasteiger charge is 2.54. The third kappa shape index (κ3) is 4.39. The Hall–Kier alpha value is -4.50. The Bertz CT molecular complexity index is 2090. The molecule has 2 saturated heterocycles. The van der Waals surface area contributed by atoms with E-state index in [-0.39, 0.29) is 57.4 Å². The van der Waals surface area contributed by atoms with E-state index in [1.165, 1.54) is 18.3 Å². The smallest absolute Gasteiger partial charge is 0.319 e. The third-order valence-electron chi connectivity index (χ3n) is 9.60. The van der Waals surface area contributed by atoms with Crippen molar-refractivity contribution in [3.63, 3.8) is 0 Å². The predicted octanol–water partition coefficient (Wildman–Crippen LogP) is 5.88. The Labute approximate surface area is 264 Å². The topological polar surface area (TPSA) is 80.4 Å². The van der Waals surface area contributed by atoms with E-state index in [1.54, 1.807) is 15.9 Å². The summed E-state index contributed by atoms with van der Waals surface area (Å²) in [4.78, 5) is 16.6. The number of hydrogen-bond acceptors (Lipinski definition) is 7. The molecule has 3 aliphatic heterocycles. The molecule has 0 amide bonds. The van der Waals surface area contributed by atoms with Gasteiger partial charge in [0.1, 0.15) is 35.9 Å². The van der Waals surface area contributed by atoms with Crippen LogP contribution < -0.4 is 15.4 Å². The number of alkyl halides is 2. The maximum Gasteiger partial charge on any atom is 0.319 e. The third-order valence-corrected chi connectivity index (χ3v) is 9.60. The standard InChI is InChI=1S/C34H29F5N6O/c1-2-20-25-17(11-24(36)26(20)37)10-19(40)12-22(25)29-28(39)30-23(14-41-29)32(45-9-4-3-6-21-27(38)31(21)45)43-33(42-30)46-16-34-7-5-8-44(34)15-18(35)13-34/h1,3,6,10-12,14,18,21,27,31H,4-5,7-9,13,15-16,40H2/t18-,21-,27-,31-,34+/m1/s1/i16D2. The Morgan fingerprint density at radius 3 is 2.83 bits per heavy atom. The summed E-state index contributed by atoms with van der Waals surface area (Å²) < 4.78 is 99.7. The molecule has 5 atom stereocenters. The quantitative estimate of drug-likeness (QED) is 0.127. The number of halogens is 5. The fourth-order valence-electron chi connectivity index (χ4n) is 7.45. The van der Waals surface area contributed by atoms with E-state index in [1.807, 2.05) is 6.08 Å². The highest BCUT2D eigenvalue weighted by Crippen LogP contribution is 2.46. The van der Waals surface area contributed by atoms with Crippen LogP contribution in [0.1, 0.15) is 34.0 Å². The highest BCUT2D eigenvalue weighted by molar-refractivity contribution is 6.04. The average molecular weight is 635 g/mol. The van der Waals surface area contributed by atoms with Crippen LogP contribution in [0.2, 0.25) is 0 Å². The lowest BCUT2D eigenvalue weighted by Crippen LogP contribution is -2.43. The second-order valence-corrected chi connectivity index (χ2v) is 12.4. The van der Waals surface area contributed by atoms with Crippen LogP contribution >= 0.6 is 0 Å². The Morgan fingerprint density at radius 2 is 2.00 bits per heavy atom. The minimum Gasteiger partial charge on any atom is -0.461 e. The zero-order chi connectivity index (χ0) is 33.7. The molecule has 2 aromatic carbocycles. The molecule has 0 radical (unpaired) electrons. The van der Waals surface area contributed by atoms with Crippen LogP contribution in [-0.4, -0.2) is 70.0 Å².